The quantitative estimate of drug-likeness (QED) is 0.888. The molecule has 100 valence electrons. The molecule has 0 aliphatic carbocycles. The average Bonchev–Trinajstić information content (AvgIpc) is 2.65. The van der Waals surface area contributed by atoms with Gasteiger partial charge in [-0.15, -0.1) is 11.3 Å². The monoisotopic (exact) mass is 276 g/mol. The molecule has 2 aromatic rings. The molecule has 0 saturated heterocycles. The Bertz CT molecular complexity index is 594. The molecule has 0 bridgehead atoms. The van der Waals surface area contributed by atoms with Crippen molar-refractivity contribution in [1.29, 1.82) is 0 Å². The Hall–Kier alpha value is -1.95. The van der Waals surface area contributed by atoms with E-state index in [1.165, 1.54) is 11.3 Å². The van der Waals surface area contributed by atoms with Crippen LogP contribution in [0.5, 0.6) is 0 Å². The number of carbonyl (C=O) groups excluding carboxylic acids is 1. The molecule has 1 amide bonds. The predicted octanol–water partition coefficient (Wildman–Crippen LogP) is 1.60. The van der Waals surface area contributed by atoms with Crippen molar-refractivity contribution in [2.75, 3.05) is 5.73 Å². The van der Waals surface area contributed by atoms with Crippen molar-refractivity contribution < 1.29 is 4.79 Å². The molecule has 6 heteroatoms. The maximum atomic E-state index is 11.8. The molecule has 5 nitrogen and oxygen atoms in total. The number of thiazole rings is 1. The lowest BCUT2D eigenvalue weighted by Crippen LogP contribution is -2.24. The predicted molar refractivity (Wildman–Crippen MR) is 75.8 cm³/mol. The molecule has 0 radical (unpaired) electrons. The Morgan fingerprint density at radius 3 is 2.89 bits per heavy atom. The van der Waals surface area contributed by atoms with E-state index in [4.69, 9.17) is 5.73 Å². The molecule has 2 heterocycles. The van der Waals surface area contributed by atoms with Crippen LogP contribution in [0.25, 0.3) is 0 Å². The number of hydrogen-bond acceptors (Lipinski definition) is 5. The Kier molecular flexibility index (Phi) is 4.11. The highest BCUT2D eigenvalue weighted by atomic mass is 32.1. The lowest BCUT2D eigenvalue weighted by molar-refractivity contribution is -0.120. The summed E-state index contributed by atoms with van der Waals surface area (Å²) in [7, 11) is 0. The number of amides is 1. The molecule has 0 atom stereocenters. The van der Waals surface area contributed by atoms with E-state index in [9.17, 15) is 4.79 Å². The number of rotatable bonds is 4. The summed E-state index contributed by atoms with van der Waals surface area (Å²) in [5.74, 6) is -0.0267. The van der Waals surface area contributed by atoms with Gasteiger partial charge in [0.25, 0.3) is 0 Å². The molecule has 0 unspecified atom stereocenters. The molecule has 19 heavy (non-hydrogen) atoms. The normalized spacial score (nSPS) is 10.4. The molecule has 2 rings (SSSR count). The number of carbonyl (C=O) groups is 1. The van der Waals surface area contributed by atoms with Gasteiger partial charge in [0, 0.05) is 23.3 Å². The van der Waals surface area contributed by atoms with Crippen molar-refractivity contribution in [2.24, 2.45) is 0 Å². The standard InChI is InChI=1S/C13H16N4OS/c1-8-5-10(3-4-15-8)7-16-12(18)6-11-9(2)17-13(14)19-11/h3-5H,6-7H2,1-2H3,(H2,14,17)(H,16,18). The number of nitrogens with zero attached hydrogens (tertiary/aromatic N) is 2. The van der Waals surface area contributed by atoms with Gasteiger partial charge in [0.05, 0.1) is 12.1 Å². The van der Waals surface area contributed by atoms with Crippen LogP contribution in [0, 0.1) is 13.8 Å². The molecular formula is C13H16N4OS. The van der Waals surface area contributed by atoms with Crippen molar-refractivity contribution in [3.05, 3.63) is 40.2 Å². The van der Waals surface area contributed by atoms with E-state index in [2.05, 4.69) is 15.3 Å². The van der Waals surface area contributed by atoms with E-state index in [1.54, 1.807) is 6.20 Å². The van der Waals surface area contributed by atoms with Gasteiger partial charge in [-0.05, 0) is 31.5 Å². The van der Waals surface area contributed by atoms with Crippen LogP contribution < -0.4 is 11.1 Å². The molecule has 0 aliphatic rings. The van der Waals surface area contributed by atoms with Gasteiger partial charge in [-0.1, -0.05) is 0 Å². The van der Waals surface area contributed by atoms with E-state index >= 15 is 0 Å². The van der Waals surface area contributed by atoms with Crippen molar-refractivity contribution in [1.82, 2.24) is 15.3 Å². The number of aromatic nitrogens is 2. The Balaban J connectivity index is 1.90. The van der Waals surface area contributed by atoms with Crippen LogP contribution in [0.15, 0.2) is 18.3 Å². The SMILES string of the molecule is Cc1cc(CNC(=O)Cc2sc(N)nc2C)ccn1. The first-order valence-corrected chi connectivity index (χ1v) is 6.76. The molecule has 0 fully saturated rings. The Labute approximate surface area is 115 Å². The van der Waals surface area contributed by atoms with Crippen molar-refractivity contribution >= 4 is 22.4 Å². The molecule has 0 aliphatic heterocycles. The van der Waals surface area contributed by atoms with E-state index in [1.807, 2.05) is 26.0 Å². The van der Waals surface area contributed by atoms with Crippen molar-refractivity contribution in [3.8, 4) is 0 Å². The van der Waals surface area contributed by atoms with E-state index < -0.39 is 0 Å². The highest BCUT2D eigenvalue weighted by Crippen LogP contribution is 2.19. The third-order valence-electron chi connectivity index (χ3n) is 2.68. The molecule has 0 aromatic carbocycles. The topological polar surface area (TPSA) is 80.9 Å². The van der Waals surface area contributed by atoms with Crippen LogP contribution in [0.2, 0.25) is 0 Å². The lowest BCUT2D eigenvalue weighted by Gasteiger charge is -2.05. The minimum Gasteiger partial charge on any atom is -0.375 e. The van der Waals surface area contributed by atoms with Crippen LogP contribution in [-0.2, 0) is 17.8 Å². The second-order valence-electron chi connectivity index (χ2n) is 4.32. The second-order valence-corrected chi connectivity index (χ2v) is 5.43. The van der Waals surface area contributed by atoms with Gasteiger partial charge in [0.1, 0.15) is 0 Å². The Morgan fingerprint density at radius 2 is 2.26 bits per heavy atom. The highest BCUT2D eigenvalue weighted by Gasteiger charge is 2.10. The van der Waals surface area contributed by atoms with Crippen molar-refractivity contribution in [2.45, 2.75) is 26.8 Å². The number of nitrogens with two attached hydrogens (primary N) is 1. The minimum atomic E-state index is -0.0267. The maximum Gasteiger partial charge on any atom is 0.225 e. The highest BCUT2D eigenvalue weighted by molar-refractivity contribution is 7.15. The third kappa shape index (κ3) is 3.75. The van der Waals surface area contributed by atoms with E-state index in [-0.39, 0.29) is 5.91 Å². The summed E-state index contributed by atoms with van der Waals surface area (Å²) < 4.78 is 0. The van der Waals surface area contributed by atoms with Gasteiger partial charge in [0.15, 0.2) is 5.13 Å². The third-order valence-corrected chi connectivity index (χ3v) is 3.67. The fourth-order valence-electron chi connectivity index (χ4n) is 1.74. The van der Waals surface area contributed by atoms with Gasteiger partial charge in [-0.2, -0.15) is 0 Å². The van der Waals surface area contributed by atoms with E-state index in [0.717, 1.165) is 21.8 Å². The summed E-state index contributed by atoms with van der Waals surface area (Å²) in [5, 5.41) is 3.39. The zero-order valence-electron chi connectivity index (χ0n) is 10.9. The number of hydrogen-bond donors (Lipinski definition) is 2. The van der Waals surface area contributed by atoms with Gasteiger partial charge >= 0.3 is 0 Å². The summed E-state index contributed by atoms with van der Waals surface area (Å²) in [6.07, 6.45) is 2.07. The minimum absolute atomic E-state index is 0.0267. The second kappa shape index (κ2) is 5.79. The van der Waals surface area contributed by atoms with E-state index in [0.29, 0.717) is 18.1 Å². The summed E-state index contributed by atoms with van der Waals surface area (Å²) in [5.41, 5.74) is 8.42. The summed E-state index contributed by atoms with van der Waals surface area (Å²) in [4.78, 5) is 21.0. The van der Waals surface area contributed by atoms with Gasteiger partial charge in [-0.3, -0.25) is 9.78 Å². The Morgan fingerprint density at radius 1 is 1.47 bits per heavy atom. The summed E-state index contributed by atoms with van der Waals surface area (Å²) in [6.45, 7) is 4.30. The molecule has 2 aromatic heterocycles. The zero-order valence-corrected chi connectivity index (χ0v) is 11.8. The number of anilines is 1. The lowest BCUT2D eigenvalue weighted by atomic mass is 10.2. The fraction of sp³-hybridized carbons (Fsp3) is 0.308. The average molecular weight is 276 g/mol. The number of nitrogen functional groups attached to an aromatic ring is 1. The largest absolute Gasteiger partial charge is 0.375 e. The summed E-state index contributed by atoms with van der Waals surface area (Å²) in [6, 6.07) is 3.85. The van der Waals surface area contributed by atoms with Crippen molar-refractivity contribution in [3.63, 3.8) is 0 Å². The maximum absolute atomic E-state index is 11.8. The van der Waals surface area contributed by atoms with Crippen LogP contribution in [-0.4, -0.2) is 15.9 Å². The number of pyridine rings is 1. The van der Waals surface area contributed by atoms with Gasteiger partial charge in [0.2, 0.25) is 5.91 Å². The molecule has 0 spiro atoms. The first-order chi connectivity index (χ1) is 9.04. The van der Waals surface area contributed by atoms with Gasteiger partial charge < -0.3 is 11.1 Å². The zero-order chi connectivity index (χ0) is 13.8. The molecule has 0 saturated carbocycles. The molecule has 3 N–H and O–H groups in total. The first-order valence-electron chi connectivity index (χ1n) is 5.94. The number of nitrogens with one attached hydrogen (secondary N) is 1. The first kappa shape index (κ1) is 13.5. The van der Waals surface area contributed by atoms with Gasteiger partial charge in [-0.25, -0.2) is 4.98 Å². The smallest absolute Gasteiger partial charge is 0.225 e. The fourth-order valence-corrected chi connectivity index (χ4v) is 2.57. The molecular weight excluding hydrogens is 260 g/mol. The van der Waals surface area contributed by atoms with Crippen LogP contribution in [0.3, 0.4) is 0 Å². The van der Waals surface area contributed by atoms with Crippen LogP contribution in [0.1, 0.15) is 21.8 Å². The number of aryl methyl sites for hydroxylation is 2. The van der Waals surface area contributed by atoms with Crippen LogP contribution >= 0.6 is 11.3 Å². The summed E-state index contributed by atoms with van der Waals surface area (Å²) >= 11 is 1.36. The van der Waals surface area contributed by atoms with Crippen LogP contribution in [0.4, 0.5) is 5.13 Å².